The molecule has 2 atom stereocenters. The lowest BCUT2D eigenvalue weighted by molar-refractivity contribution is -0.139. The van der Waals surface area contributed by atoms with Crippen LogP contribution in [0.2, 0.25) is 0 Å². The minimum absolute atomic E-state index is 0.0855. The Morgan fingerprint density at radius 1 is 1.33 bits per heavy atom. The second-order valence-corrected chi connectivity index (χ2v) is 5.80. The first-order chi connectivity index (χ1) is 8.45. The van der Waals surface area contributed by atoms with Gasteiger partial charge in [-0.2, -0.15) is 0 Å². The second-order valence-electron chi connectivity index (χ2n) is 4.55. The lowest BCUT2D eigenvalue weighted by atomic mass is 10.0. The Kier molecular flexibility index (Phi) is 6.08. The lowest BCUT2D eigenvalue weighted by Gasteiger charge is -2.33. The van der Waals surface area contributed by atoms with Gasteiger partial charge in [-0.15, -0.1) is 0 Å². The molecule has 0 amide bonds. The summed E-state index contributed by atoms with van der Waals surface area (Å²) in [6.07, 6.45) is 0.946. The summed E-state index contributed by atoms with van der Waals surface area (Å²) in [7, 11) is 0. The Bertz CT molecular complexity index is 391. The molecule has 0 spiro atoms. The van der Waals surface area contributed by atoms with E-state index in [4.69, 9.17) is 5.11 Å². The van der Waals surface area contributed by atoms with Crippen molar-refractivity contribution < 1.29 is 9.90 Å². The van der Waals surface area contributed by atoms with Gasteiger partial charge in [-0.3, -0.25) is 9.69 Å². The predicted octanol–water partition coefficient (Wildman–Crippen LogP) is 3.54. The number of carboxylic acid groups (broad SMARTS) is 1. The molecule has 1 aromatic carbocycles. The summed E-state index contributed by atoms with van der Waals surface area (Å²) in [5.41, 5.74) is 1.16. The Morgan fingerprint density at radius 2 is 1.89 bits per heavy atom. The number of nitrogens with zero attached hydrogens (tertiary/aromatic N) is 1. The molecule has 3 nitrogen and oxygen atoms in total. The zero-order valence-electron chi connectivity index (χ0n) is 11.1. The maximum absolute atomic E-state index is 11.0. The highest BCUT2D eigenvalue weighted by Crippen LogP contribution is 2.24. The van der Waals surface area contributed by atoms with Crippen molar-refractivity contribution in [1.29, 1.82) is 0 Å². The van der Waals surface area contributed by atoms with Gasteiger partial charge < -0.3 is 5.11 Å². The smallest absolute Gasteiger partial charge is 0.317 e. The molecule has 0 saturated carbocycles. The molecule has 4 heteroatoms. The molecule has 1 aromatic rings. The van der Waals surface area contributed by atoms with Gasteiger partial charge in [-0.25, -0.2) is 0 Å². The molecule has 18 heavy (non-hydrogen) atoms. The van der Waals surface area contributed by atoms with E-state index >= 15 is 0 Å². The van der Waals surface area contributed by atoms with Crippen LogP contribution in [0, 0.1) is 3.57 Å². The Labute approximate surface area is 122 Å². The van der Waals surface area contributed by atoms with Crippen LogP contribution >= 0.6 is 22.6 Å². The number of hydrogen-bond donors (Lipinski definition) is 1. The van der Waals surface area contributed by atoms with Crippen LogP contribution in [0.4, 0.5) is 0 Å². The Morgan fingerprint density at radius 3 is 2.33 bits per heavy atom. The van der Waals surface area contributed by atoms with Crippen molar-refractivity contribution in [3.05, 3.63) is 33.4 Å². The van der Waals surface area contributed by atoms with E-state index in [-0.39, 0.29) is 18.6 Å². The highest BCUT2D eigenvalue weighted by atomic mass is 127. The third-order valence-electron chi connectivity index (χ3n) is 3.32. The summed E-state index contributed by atoms with van der Waals surface area (Å²) < 4.78 is 1.19. The molecule has 1 rings (SSSR count). The van der Waals surface area contributed by atoms with Crippen molar-refractivity contribution >= 4 is 28.6 Å². The normalized spacial score (nSPS) is 14.5. The third-order valence-corrected chi connectivity index (χ3v) is 4.04. The summed E-state index contributed by atoms with van der Waals surface area (Å²) in [6, 6.07) is 8.64. The zero-order chi connectivity index (χ0) is 13.7. The Hall–Kier alpha value is -0.620. The highest BCUT2D eigenvalue weighted by molar-refractivity contribution is 14.1. The second kappa shape index (κ2) is 7.09. The quantitative estimate of drug-likeness (QED) is 0.788. The van der Waals surface area contributed by atoms with Gasteiger partial charge in [0.2, 0.25) is 0 Å². The summed E-state index contributed by atoms with van der Waals surface area (Å²) in [5, 5.41) is 9.03. The average Bonchev–Trinajstić information content (AvgIpc) is 2.35. The number of carbonyl (C=O) groups is 1. The standard InChI is InChI=1S/C14H20INO2/c1-4-10(2)16(9-14(17)18)11(3)12-5-7-13(15)8-6-12/h5-8,10-11H,4,9H2,1-3H3,(H,17,18). The third kappa shape index (κ3) is 4.24. The number of carboxylic acids is 1. The lowest BCUT2D eigenvalue weighted by Crippen LogP contribution is -2.39. The summed E-state index contributed by atoms with van der Waals surface area (Å²) >= 11 is 2.27. The summed E-state index contributed by atoms with van der Waals surface area (Å²) in [4.78, 5) is 13.0. The van der Waals surface area contributed by atoms with E-state index in [9.17, 15) is 4.79 Å². The SMILES string of the molecule is CCC(C)N(CC(=O)O)C(C)c1ccc(I)cc1. The van der Waals surface area contributed by atoms with Crippen LogP contribution in [-0.4, -0.2) is 28.6 Å². The number of aliphatic carboxylic acids is 1. The van der Waals surface area contributed by atoms with Gasteiger partial charge in [0, 0.05) is 15.7 Å². The molecule has 100 valence electrons. The molecule has 0 saturated heterocycles. The molecular weight excluding hydrogens is 341 g/mol. The average molecular weight is 361 g/mol. The van der Waals surface area contributed by atoms with Crippen molar-refractivity contribution in [2.75, 3.05) is 6.54 Å². The number of benzene rings is 1. The van der Waals surface area contributed by atoms with E-state index in [1.165, 1.54) is 3.57 Å². The molecular formula is C14H20INO2. The van der Waals surface area contributed by atoms with Crippen LogP contribution in [-0.2, 0) is 4.79 Å². The first-order valence-corrected chi connectivity index (χ1v) is 7.26. The maximum Gasteiger partial charge on any atom is 0.317 e. The monoisotopic (exact) mass is 361 g/mol. The van der Waals surface area contributed by atoms with Gasteiger partial charge in [0.25, 0.3) is 0 Å². The van der Waals surface area contributed by atoms with Crippen LogP contribution in [0.1, 0.15) is 38.8 Å². The summed E-state index contributed by atoms with van der Waals surface area (Å²) in [6.45, 7) is 6.31. The number of rotatable bonds is 6. The largest absolute Gasteiger partial charge is 0.480 e. The van der Waals surface area contributed by atoms with Crippen molar-refractivity contribution in [2.45, 2.75) is 39.3 Å². The van der Waals surface area contributed by atoms with Crippen LogP contribution in [0.15, 0.2) is 24.3 Å². The number of halogens is 1. The molecule has 0 fully saturated rings. The Balaban J connectivity index is 2.90. The molecule has 0 aromatic heterocycles. The van der Waals surface area contributed by atoms with Crippen molar-refractivity contribution in [3.63, 3.8) is 0 Å². The van der Waals surface area contributed by atoms with Gasteiger partial charge in [0.1, 0.15) is 0 Å². The van der Waals surface area contributed by atoms with E-state index in [1.807, 2.05) is 4.90 Å². The molecule has 0 heterocycles. The first kappa shape index (κ1) is 15.4. The molecule has 0 aliphatic heterocycles. The van der Waals surface area contributed by atoms with Crippen LogP contribution in [0.3, 0.4) is 0 Å². The fraction of sp³-hybridized carbons (Fsp3) is 0.500. The summed E-state index contributed by atoms with van der Waals surface area (Å²) in [5.74, 6) is -0.771. The van der Waals surface area contributed by atoms with Crippen molar-refractivity contribution in [3.8, 4) is 0 Å². The fourth-order valence-electron chi connectivity index (χ4n) is 2.00. The molecule has 0 aliphatic rings. The molecule has 2 unspecified atom stereocenters. The minimum Gasteiger partial charge on any atom is -0.480 e. The zero-order valence-corrected chi connectivity index (χ0v) is 13.2. The van der Waals surface area contributed by atoms with Gasteiger partial charge >= 0.3 is 5.97 Å². The van der Waals surface area contributed by atoms with E-state index in [1.54, 1.807) is 0 Å². The van der Waals surface area contributed by atoms with Crippen LogP contribution in [0.25, 0.3) is 0 Å². The van der Waals surface area contributed by atoms with E-state index < -0.39 is 5.97 Å². The van der Waals surface area contributed by atoms with Crippen LogP contribution < -0.4 is 0 Å². The fourth-order valence-corrected chi connectivity index (χ4v) is 2.36. The maximum atomic E-state index is 11.0. The molecule has 0 aliphatic carbocycles. The van der Waals surface area contributed by atoms with E-state index in [2.05, 4.69) is 67.6 Å². The molecule has 0 bridgehead atoms. The van der Waals surface area contributed by atoms with Gasteiger partial charge in [-0.1, -0.05) is 19.1 Å². The topological polar surface area (TPSA) is 40.5 Å². The highest BCUT2D eigenvalue weighted by Gasteiger charge is 2.22. The van der Waals surface area contributed by atoms with E-state index in [0.29, 0.717) is 0 Å². The molecule has 1 N–H and O–H groups in total. The molecule has 0 radical (unpaired) electrons. The van der Waals surface area contributed by atoms with Crippen LogP contribution in [0.5, 0.6) is 0 Å². The van der Waals surface area contributed by atoms with Crippen molar-refractivity contribution in [2.24, 2.45) is 0 Å². The number of hydrogen-bond acceptors (Lipinski definition) is 2. The van der Waals surface area contributed by atoms with Crippen molar-refractivity contribution in [1.82, 2.24) is 4.90 Å². The predicted molar refractivity (Wildman–Crippen MR) is 81.7 cm³/mol. The van der Waals surface area contributed by atoms with Gasteiger partial charge in [0.15, 0.2) is 0 Å². The van der Waals surface area contributed by atoms with E-state index in [0.717, 1.165) is 12.0 Å². The van der Waals surface area contributed by atoms with Gasteiger partial charge in [0.05, 0.1) is 6.54 Å². The van der Waals surface area contributed by atoms with Gasteiger partial charge in [-0.05, 0) is 60.6 Å². The minimum atomic E-state index is -0.771. The first-order valence-electron chi connectivity index (χ1n) is 6.18.